The Hall–Kier alpha value is -2.30. The number of nitrogens with zero attached hydrogens (tertiary/aromatic N) is 1. The van der Waals surface area contributed by atoms with Gasteiger partial charge in [-0.2, -0.15) is 0 Å². The molecule has 3 saturated carbocycles. The predicted octanol–water partition coefficient (Wildman–Crippen LogP) is 13.8. The van der Waals surface area contributed by atoms with E-state index in [-0.39, 0.29) is 23.2 Å². The molecule has 5 heteroatoms. The molecule has 0 unspecified atom stereocenters. The SMILES string of the molecule is CCCCCCCCCCCCN=Cc1ccc(OCCCC(=O)O[C@H]2CC[C@@]3(C)C(=CC[C@H]4[C@@H]5CC[C@H]([C@H](C)CCCC(C)C)[C@@]5(C)CC[C@@H]43)C2)cc1O. The topological polar surface area (TPSA) is 68.1 Å². The molecule has 0 amide bonds. The van der Waals surface area contributed by atoms with Crippen molar-refractivity contribution in [3.8, 4) is 11.5 Å². The van der Waals surface area contributed by atoms with E-state index < -0.39 is 0 Å². The number of ether oxygens (including phenoxy) is 2. The molecule has 0 aromatic heterocycles. The first kappa shape index (κ1) is 43.8. The smallest absolute Gasteiger partial charge is 0.306 e. The lowest BCUT2D eigenvalue weighted by Gasteiger charge is -2.58. The number of aromatic hydroxyl groups is 1. The maximum Gasteiger partial charge on any atom is 0.306 e. The van der Waals surface area contributed by atoms with Crippen LogP contribution in [-0.4, -0.2) is 36.5 Å². The van der Waals surface area contributed by atoms with Crippen LogP contribution in [0.15, 0.2) is 34.8 Å². The van der Waals surface area contributed by atoms with Gasteiger partial charge in [0.1, 0.15) is 17.6 Å². The molecule has 55 heavy (non-hydrogen) atoms. The van der Waals surface area contributed by atoms with Crippen LogP contribution >= 0.6 is 0 Å². The van der Waals surface area contributed by atoms with Crippen molar-refractivity contribution in [2.45, 2.75) is 195 Å². The van der Waals surface area contributed by atoms with Crippen molar-refractivity contribution in [2.75, 3.05) is 13.2 Å². The highest BCUT2D eigenvalue weighted by molar-refractivity contribution is 5.83. The van der Waals surface area contributed by atoms with Gasteiger partial charge in [0.05, 0.1) is 6.61 Å². The van der Waals surface area contributed by atoms with Gasteiger partial charge in [0, 0.05) is 37.2 Å². The summed E-state index contributed by atoms with van der Waals surface area (Å²) < 4.78 is 12.0. The van der Waals surface area contributed by atoms with E-state index in [1.807, 2.05) is 12.1 Å². The summed E-state index contributed by atoms with van der Waals surface area (Å²) in [5.41, 5.74) is 3.07. The van der Waals surface area contributed by atoms with Gasteiger partial charge in [-0.15, -0.1) is 0 Å². The first-order valence-corrected chi connectivity index (χ1v) is 23.4. The number of phenolic OH excluding ortho intramolecular Hbond substituents is 1. The predicted molar refractivity (Wildman–Crippen MR) is 230 cm³/mol. The zero-order valence-electron chi connectivity index (χ0n) is 36.2. The van der Waals surface area contributed by atoms with Crippen LogP contribution < -0.4 is 4.74 Å². The minimum atomic E-state index is -0.115. The fourth-order valence-electron chi connectivity index (χ4n) is 12.0. The van der Waals surface area contributed by atoms with Crippen molar-refractivity contribution < 1.29 is 19.4 Å². The largest absolute Gasteiger partial charge is 0.507 e. The Kier molecular flexibility index (Phi) is 17.1. The summed E-state index contributed by atoms with van der Waals surface area (Å²) in [6.45, 7) is 16.0. The maximum absolute atomic E-state index is 12.9. The lowest BCUT2D eigenvalue weighted by atomic mass is 9.47. The van der Waals surface area contributed by atoms with Gasteiger partial charge in [0.2, 0.25) is 0 Å². The van der Waals surface area contributed by atoms with Crippen LogP contribution in [0.25, 0.3) is 0 Å². The van der Waals surface area contributed by atoms with Crippen LogP contribution in [0.4, 0.5) is 0 Å². The molecule has 1 aromatic carbocycles. The van der Waals surface area contributed by atoms with Crippen LogP contribution in [-0.2, 0) is 9.53 Å². The Bertz CT molecular complexity index is 1380. The van der Waals surface area contributed by atoms with Gasteiger partial charge in [-0.3, -0.25) is 9.79 Å². The lowest BCUT2D eigenvalue weighted by Crippen LogP contribution is -2.51. The van der Waals surface area contributed by atoms with Crippen molar-refractivity contribution in [1.82, 2.24) is 0 Å². The van der Waals surface area contributed by atoms with Gasteiger partial charge in [-0.25, -0.2) is 0 Å². The van der Waals surface area contributed by atoms with Crippen LogP contribution in [0.2, 0.25) is 0 Å². The summed E-state index contributed by atoms with van der Waals surface area (Å²) in [5, 5.41) is 10.5. The molecule has 1 aromatic rings. The lowest BCUT2D eigenvalue weighted by molar-refractivity contribution is -0.151. The third kappa shape index (κ3) is 11.9. The fraction of sp³-hybridized carbons (Fsp3) is 0.800. The van der Waals surface area contributed by atoms with Gasteiger partial charge >= 0.3 is 5.97 Å². The van der Waals surface area contributed by atoms with Crippen molar-refractivity contribution in [3.63, 3.8) is 0 Å². The molecule has 8 atom stereocenters. The van der Waals surface area contributed by atoms with Gasteiger partial charge in [-0.05, 0) is 116 Å². The van der Waals surface area contributed by atoms with Gasteiger partial charge < -0.3 is 14.6 Å². The number of allylic oxidation sites excluding steroid dienone is 1. The van der Waals surface area contributed by atoms with Crippen molar-refractivity contribution in [1.29, 1.82) is 0 Å². The molecule has 310 valence electrons. The first-order valence-electron chi connectivity index (χ1n) is 23.4. The summed E-state index contributed by atoms with van der Waals surface area (Å²) in [4.78, 5) is 17.5. The molecule has 5 nitrogen and oxygen atoms in total. The molecule has 5 rings (SSSR count). The number of carbonyl (C=O) groups excluding carboxylic acids is 1. The van der Waals surface area contributed by atoms with E-state index in [0.29, 0.717) is 36.2 Å². The molecule has 4 aliphatic carbocycles. The molecule has 0 spiro atoms. The molecular weight excluding hydrogens is 679 g/mol. The monoisotopic (exact) mass is 760 g/mol. The van der Waals surface area contributed by atoms with Crippen molar-refractivity contribution in [3.05, 3.63) is 35.4 Å². The Morgan fingerprint density at radius 2 is 1.64 bits per heavy atom. The van der Waals surface area contributed by atoms with E-state index in [1.54, 1.807) is 17.9 Å². The number of rotatable bonds is 23. The van der Waals surface area contributed by atoms with E-state index in [4.69, 9.17) is 9.47 Å². The second kappa shape index (κ2) is 21.5. The zero-order chi connectivity index (χ0) is 39.3. The van der Waals surface area contributed by atoms with Crippen LogP contribution in [0, 0.1) is 46.3 Å². The normalized spacial score (nSPS) is 29.4. The third-order valence-corrected chi connectivity index (χ3v) is 15.2. The molecule has 1 N–H and O–H groups in total. The highest BCUT2D eigenvalue weighted by atomic mass is 16.5. The summed E-state index contributed by atoms with van der Waals surface area (Å²) in [7, 11) is 0. The summed E-state index contributed by atoms with van der Waals surface area (Å²) in [5.74, 6) is 5.71. The molecule has 4 aliphatic rings. The average Bonchev–Trinajstić information content (AvgIpc) is 3.52. The summed E-state index contributed by atoms with van der Waals surface area (Å²) >= 11 is 0. The Labute approximate surface area is 337 Å². The number of hydrogen-bond acceptors (Lipinski definition) is 5. The first-order chi connectivity index (χ1) is 26.5. The Morgan fingerprint density at radius 1 is 0.891 bits per heavy atom. The Balaban J connectivity index is 0.979. The number of esters is 1. The molecular formula is C50H81NO4. The zero-order valence-corrected chi connectivity index (χ0v) is 36.2. The van der Waals surface area contributed by atoms with E-state index in [9.17, 15) is 9.90 Å². The molecule has 3 fully saturated rings. The molecule has 0 aliphatic heterocycles. The third-order valence-electron chi connectivity index (χ3n) is 15.2. The Morgan fingerprint density at radius 3 is 2.36 bits per heavy atom. The molecule has 0 saturated heterocycles. The van der Waals surface area contributed by atoms with Crippen LogP contribution in [0.3, 0.4) is 0 Å². The number of benzene rings is 1. The van der Waals surface area contributed by atoms with E-state index >= 15 is 0 Å². The minimum absolute atomic E-state index is 0.00281. The van der Waals surface area contributed by atoms with Gasteiger partial charge in [0.25, 0.3) is 0 Å². The van der Waals surface area contributed by atoms with Gasteiger partial charge in [0.15, 0.2) is 0 Å². The fourth-order valence-corrected chi connectivity index (χ4v) is 12.0. The van der Waals surface area contributed by atoms with E-state index in [1.165, 1.54) is 109 Å². The number of fused-ring (bicyclic) bond motifs is 5. The molecule has 0 radical (unpaired) electrons. The van der Waals surface area contributed by atoms with Crippen molar-refractivity contribution in [2.24, 2.45) is 51.3 Å². The number of phenols is 1. The van der Waals surface area contributed by atoms with E-state index in [0.717, 1.165) is 67.7 Å². The number of unbranched alkanes of at least 4 members (excludes halogenated alkanes) is 9. The van der Waals surface area contributed by atoms with Crippen LogP contribution in [0.5, 0.6) is 11.5 Å². The molecule has 0 bridgehead atoms. The highest BCUT2D eigenvalue weighted by Gasteiger charge is 2.59. The molecule has 0 heterocycles. The summed E-state index contributed by atoms with van der Waals surface area (Å²) in [6, 6.07) is 5.37. The second-order valence-electron chi connectivity index (χ2n) is 19.5. The van der Waals surface area contributed by atoms with Crippen molar-refractivity contribution >= 4 is 12.2 Å². The van der Waals surface area contributed by atoms with Gasteiger partial charge in [-0.1, -0.05) is 130 Å². The maximum atomic E-state index is 12.9. The number of hydrogen-bond donors (Lipinski definition) is 1. The summed E-state index contributed by atoms with van der Waals surface area (Å²) in [6.07, 6.45) is 32.5. The standard InChI is InChI=1S/C50H81NO4/c1-7-8-9-10-11-12-13-14-15-16-32-51-36-39-22-24-41(35-47(39)52)54-33-18-21-48(53)55-42-28-30-49(5)40(34-42)23-25-43-45-27-26-44(38(4)20-17-19-37(2)3)50(45,6)31-29-46(43)49/h22-24,35-38,42-46,52H,7-21,25-34H2,1-6H3/t38-,42+,43+,44-,45+,46+,49+,50-/m1/s1. The number of aliphatic imine (C=N–C) groups is 1. The van der Waals surface area contributed by atoms with E-state index in [2.05, 4.69) is 52.6 Å². The quantitative estimate of drug-likeness (QED) is 0.0522. The number of carbonyl (C=O) groups is 1. The minimum Gasteiger partial charge on any atom is -0.507 e. The second-order valence-corrected chi connectivity index (χ2v) is 19.5. The van der Waals surface area contributed by atoms with Crippen LogP contribution in [0.1, 0.15) is 195 Å². The average molecular weight is 760 g/mol. The highest BCUT2D eigenvalue weighted by Crippen LogP contribution is 2.67.